The lowest BCUT2D eigenvalue weighted by Crippen LogP contribution is -2.31. The highest BCUT2D eigenvalue weighted by atomic mass is 32.2. The number of aliphatic hydroxyl groups excluding tert-OH is 1. The molecular weight excluding hydrogens is 230 g/mol. The smallest absolute Gasteiger partial charge is 0.0568 e. The zero-order valence-corrected chi connectivity index (χ0v) is 10.7. The van der Waals surface area contributed by atoms with E-state index in [2.05, 4.69) is 30.3 Å². The Morgan fingerprint density at radius 2 is 1.88 bits per heavy atom. The Kier molecular flexibility index (Phi) is 4.05. The van der Waals surface area contributed by atoms with Crippen LogP contribution in [-0.2, 0) is 0 Å². The molecule has 0 aromatic heterocycles. The monoisotopic (exact) mass is 247 g/mol. The van der Waals surface area contributed by atoms with E-state index in [1.807, 2.05) is 19.1 Å². The van der Waals surface area contributed by atoms with E-state index in [0.717, 1.165) is 4.90 Å². The Bertz CT molecular complexity index is 498. The lowest BCUT2D eigenvalue weighted by Gasteiger charge is -2.17. The van der Waals surface area contributed by atoms with Crippen LogP contribution in [0.15, 0.2) is 47.4 Å². The molecule has 3 heteroatoms. The SMILES string of the molecule is CC(N)C(CO)Sc1ccc2ccccc2c1. The molecule has 17 heavy (non-hydrogen) atoms. The summed E-state index contributed by atoms with van der Waals surface area (Å²) in [6, 6.07) is 14.6. The Morgan fingerprint density at radius 3 is 2.53 bits per heavy atom. The summed E-state index contributed by atoms with van der Waals surface area (Å²) < 4.78 is 0. The van der Waals surface area contributed by atoms with E-state index in [1.165, 1.54) is 10.8 Å². The summed E-state index contributed by atoms with van der Waals surface area (Å²) in [5, 5.41) is 11.8. The topological polar surface area (TPSA) is 46.2 Å². The van der Waals surface area contributed by atoms with E-state index in [1.54, 1.807) is 11.8 Å². The molecule has 0 bridgehead atoms. The first-order valence-corrected chi connectivity index (χ1v) is 6.60. The Hall–Kier alpha value is -1.03. The average molecular weight is 247 g/mol. The van der Waals surface area contributed by atoms with Gasteiger partial charge >= 0.3 is 0 Å². The van der Waals surface area contributed by atoms with E-state index in [9.17, 15) is 5.11 Å². The molecule has 3 N–H and O–H groups in total. The lowest BCUT2D eigenvalue weighted by atomic mass is 10.1. The van der Waals surface area contributed by atoms with Gasteiger partial charge in [0.25, 0.3) is 0 Å². The van der Waals surface area contributed by atoms with Crippen molar-refractivity contribution in [1.29, 1.82) is 0 Å². The van der Waals surface area contributed by atoms with Crippen molar-refractivity contribution >= 4 is 22.5 Å². The minimum Gasteiger partial charge on any atom is -0.395 e. The van der Waals surface area contributed by atoms with Crippen LogP contribution in [-0.4, -0.2) is 23.0 Å². The van der Waals surface area contributed by atoms with Gasteiger partial charge < -0.3 is 10.8 Å². The molecular formula is C14H17NOS. The summed E-state index contributed by atoms with van der Waals surface area (Å²) in [7, 11) is 0. The van der Waals surface area contributed by atoms with Crippen LogP contribution in [0.3, 0.4) is 0 Å². The molecule has 0 saturated carbocycles. The summed E-state index contributed by atoms with van der Waals surface area (Å²) in [6.07, 6.45) is 0. The van der Waals surface area contributed by atoms with Gasteiger partial charge in [-0.1, -0.05) is 30.3 Å². The van der Waals surface area contributed by atoms with Gasteiger partial charge in [-0.15, -0.1) is 11.8 Å². The first-order chi connectivity index (χ1) is 8.20. The molecule has 0 aliphatic heterocycles. The van der Waals surface area contributed by atoms with E-state index < -0.39 is 0 Å². The predicted molar refractivity (Wildman–Crippen MR) is 74.3 cm³/mol. The van der Waals surface area contributed by atoms with Crippen LogP contribution in [0.4, 0.5) is 0 Å². The van der Waals surface area contributed by atoms with Gasteiger partial charge in [-0.2, -0.15) is 0 Å². The third kappa shape index (κ3) is 3.00. The fraction of sp³-hybridized carbons (Fsp3) is 0.286. The molecule has 90 valence electrons. The average Bonchev–Trinajstić information content (AvgIpc) is 2.35. The van der Waals surface area contributed by atoms with Gasteiger partial charge in [0, 0.05) is 16.2 Å². The maximum atomic E-state index is 9.27. The van der Waals surface area contributed by atoms with E-state index in [-0.39, 0.29) is 17.9 Å². The standard InChI is InChI=1S/C14H17NOS/c1-10(15)14(9-16)17-13-7-6-11-4-2-3-5-12(11)8-13/h2-8,10,14,16H,9,15H2,1H3. The van der Waals surface area contributed by atoms with Gasteiger partial charge in [0.2, 0.25) is 0 Å². The number of rotatable bonds is 4. The van der Waals surface area contributed by atoms with Gasteiger partial charge in [-0.05, 0) is 29.8 Å². The molecule has 2 unspecified atom stereocenters. The molecule has 2 nitrogen and oxygen atoms in total. The van der Waals surface area contributed by atoms with Crippen molar-refractivity contribution in [2.45, 2.75) is 23.1 Å². The van der Waals surface area contributed by atoms with Crippen molar-refractivity contribution in [3.63, 3.8) is 0 Å². The lowest BCUT2D eigenvalue weighted by molar-refractivity contribution is 0.285. The maximum absolute atomic E-state index is 9.27. The number of thioether (sulfide) groups is 1. The zero-order chi connectivity index (χ0) is 12.3. The van der Waals surface area contributed by atoms with Crippen molar-refractivity contribution in [2.75, 3.05) is 6.61 Å². The second-order valence-electron chi connectivity index (χ2n) is 4.21. The predicted octanol–water partition coefficient (Wildman–Crippen LogP) is 2.64. The minimum atomic E-state index is -0.0172. The highest BCUT2D eigenvalue weighted by Gasteiger charge is 2.14. The van der Waals surface area contributed by atoms with E-state index >= 15 is 0 Å². The first kappa shape index (κ1) is 12.4. The fourth-order valence-electron chi connectivity index (χ4n) is 1.73. The molecule has 0 aliphatic carbocycles. The molecule has 2 aromatic rings. The van der Waals surface area contributed by atoms with Crippen LogP contribution in [0.2, 0.25) is 0 Å². The Morgan fingerprint density at radius 1 is 1.18 bits per heavy atom. The van der Waals surface area contributed by atoms with Gasteiger partial charge in [0.1, 0.15) is 0 Å². The second-order valence-corrected chi connectivity index (χ2v) is 5.52. The van der Waals surface area contributed by atoms with Crippen LogP contribution in [0.1, 0.15) is 6.92 Å². The van der Waals surface area contributed by atoms with E-state index in [0.29, 0.717) is 0 Å². The van der Waals surface area contributed by atoms with Crippen LogP contribution in [0.25, 0.3) is 10.8 Å². The molecule has 0 spiro atoms. The molecule has 0 saturated heterocycles. The number of nitrogens with two attached hydrogens (primary N) is 1. The summed E-state index contributed by atoms with van der Waals surface area (Å²) in [5.41, 5.74) is 5.83. The third-order valence-corrected chi connectivity index (χ3v) is 4.18. The molecule has 0 heterocycles. The highest BCUT2D eigenvalue weighted by Crippen LogP contribution is 2.27. The highest BCUT2D eigenvalue weighted by molar-refractivity contribution is 8.00. The van der Waals surface area contributed by atoms with Crippen LogP contribution in [0.5, 0.6) is 0 Å². The molecule has 0 radical (unpaired) electrons. The Balaban J connectivity index is 2.24. The van der Waals surface area contributed by atoms with Crippen molar-refractivity contribution in [2.24, 2.45) is 5.73 Å². The molecule has 0 aliphatic rings. The normalized spacial score (nSPS) is 14.8. The van der Waals surface area contributed by atoms with Gasteiger partial charge in [0.05, 0.1) is 6.61 Å². The molecule has 2 atom stereocenters. The fourth-order valence-corrected chi connectivity index (χ4v) is 2.71. The van der Waals surface area contributed by atoms with Gasteiger partial charge in [-0.3, -0.25) is 0 Å². The van der Waals surface area contributed by atoms with Gasteiger partial charge in [-0.25, -0.2) is 0 Å². The molecule has 2 aromatic carbocycles. The number of benzene rings is 2. The van der Waals surface area contributed by atoms with Crippen molar-refractivity contribution in [3.05, 3.63) is 42.5 Å². The quantitative estimate of drug-likeness (QED) is 0.816. The van der Waals surface area contributed by atoms with Crippen molar-refractivity contribution < 1.29 is 5.11 Å². The summed E-state index contributed by atoms with van der Waals surface area (Å²) in [4.78, 5) is 1.15. The molecule has 0 fully saturated rings. The number of fused-ring (bicyclic) bond motifs is 1. The van der Waals surface area contributed by atoms with Crippen LogP contribution < -0.4 is 5.73 Å². The summed E-state index contributed by atoms with van der Waals surface area (Å²) >= 11 is 1.64. The number of hydrogen-bond donors (Lipinski definition) is 2. The van der Waals surface area contributed by atoms with Gasteiger partial charge in [0.15, 0.2) is 0 Å². The Labute approximate surface area is 106 Å². The number of hydrogen-bond acceptors (Lipinski definition) is 3. The second kappa shape index (κ2) is 5.54. The third-order valence-electron chi connectivity index (χ3n) is 2.77. The van der Waals surface area contributed by atoms with E-state index in [4.69, 9.17) is 5.73 Å². The van der Waals surface area contributed by atoms with Crippen molar-refractivity contribution in [3.8, 4) is 0 Å². The summed E-state index contributed by atoms with van der Waals surface area (Å²) in [5.74, 6) is 0. The first-order valence-electron chi connectivity index (χ1n) is 5.72. The van der Waals surface area contributed by atoms with Crippen molar-refractivity contribution in [1.82, 2.24) is 0 Å². The molecule has 2 rings (SSSR count). The molecule has 0 amide bonds. The maximum Gasteiger partial charge on any atom is 0.0568 e. The van der Waals surface area contributed by atoms with Crippen LogP contribution in [0, 0.1) is 0 Å². The zero-order valence-electron chi connectivity index (χ0n) is 9.84. The largest absolute Gasteiger partial charge is 0.395 e. The summed E-state index contributed by atoms with van der Waals surface area (Å²) in [6.45, 7) is 2.03. The minimum absolute atomic E-state index is 0.0172. The van der Waals surface area contributed by atoms with Crippen LogP contribution >= 0.6 is 11.8 Å². The number of aliphatic hydroxyl groups is 1.